The first-order chi connectivity index (χ1) is 31.5. The van der Waals surface area contributed by atoms with Crippen LogP contribution in [0.1, 0.15) is 80.2 Å². The lowest BCUT2D eigenvalue weighted by atomic mass is 9.81. The van der Waals surface area contributed by atoms with Crippen molar-refractivity contribution < 1.29 is 61.3 Å². The zero-order valence-electron chi connectivity index (χ0n) is 37.1. The average Bonchev–Trinajstić information content (AvgIpc) is 3.92. The van der Waals surface area contributed by atoms with Crippen molar-refractivity contribution in [1.29, 1.82) is 0 Å². The van der Waals surface area contributed by atoms with Crippen molar-refractivity contribution in [2.24, 2.45) is 11.8 Å². The van der Waals surface area contributed by atoms with E-state index >= 15 is 0 Å². The maximum Gasteiger partial charge on any atom is 0.411 e. The molecule has 67 heavy (non-hydrogen) atoms. The van der Waals surface area contributed by atoms with Gasteiger partial charge >= 0.3 is 23.9 Å². The number of nitrogens with zero attached hydrogens (tertiary/aromatic N) is 2. The lowest BCUT2D eigenvalue weighted by molar-refractivity contribution is -0.231. The van der Waals surface area contributed by atoms with E-state index in [1.54, 1.807) is 56.2 Å². The highest BCUT2D eigenvalue weighted by Crippen LogP contribution is 2.42. The Morgan fingerprint density at radius 1 is 0.910 bits per heavy atom. The number of amides is 5. The number of aryl methyl sites for hydroxylation is 1. The highest BCUT2D eigenvalue weighted by atomic mass is 19.3. The molecule has 6 rings (SSSR count). The van der Waals surface area contributed by atoms with Crippen LogP contribution in [0.2, 0.25) is 0 Å². The fourth-order valence-electron chi connectivity index (χ4n) is 7.84. The number of anilines is 1. The maximum absolute atomic E-state index is 14.3. The topological polar surface area (TPSA) is 254 Å². The van der Waals surface area contributed by atoms with Gasteiger partial charge in [-0.1, -0.05) is 30.3 Å². The quantitative estimate of drug-likeness (QED) is 0.0675. The minimum Gasteiger partial charge on any atom is -0.477 e. The van der Waals surface area contributed by atoms with Gasteiger partial charge in [0.25, 0.3) is 5.91 Å². The van der Waals surface area contributed by atoms with Crippen LogP contribution in [0.15, 0.2) is 66.7 Å². The molecule has 1 saturated carbocycles. The summed E-state index contributed by atoms with van der Waals surface area (Å²) >= 11 is 0. The number of hydrogen-bond acceptors (Lipinski definition) is 10. The largest absolute Gasteiger partial charge is 0.477 e. The fourth-order valence-corrected chi connectivity index (χ4v) is 7.84. The van der Waals surface area contributed by atoms with E-state index in [1.807, 2.05) is 19.1 Å². The van der Waals surface area contributed by atoms with Crippen LogP contribution >= 0.6 is 0 Å². The maximum atomic E-state index is 14.3. The molecule has 8 N–H and O–H groups in total. The molecule has 358 valence electrons. The van der Waals surface area contributed by atoms with Gasteiger partial charge in [-0.2, -0.15) is 22.7 Å². The molecule has 3 unspecified atom stereocenters. The van der Waals surface area contributed by atoms with Gasteiger partial charge in [0.2, 0.25) is 23.5 Å². The number of alkyl carbamates (subject to hydrolysis) is 1. The Bertz CT molecular complexity index is 2470. The molecule has 4 aromatic rings. The Balaban J connectivity index is 1.14. The predicted octanol–water partition coefficient (Wildman–Crippen LogP) is 5.24. The molecule has 1 aromatic heterocycles. The molecule has 17 nitrogen and oxygen atoms in total. The SMILES string of the molecule is Cc1cc(C(=O)NC2CC(CO)NC2=O)ccc1-c1ccc(CC(NC(=O)C2CCC(CNC(=O)OC(C)(C)C)CC2)C(=O)Nc2ccc(-c3n[nH]c(C(F)(F)C(F)(F)C(=O)O)n3)cc2)cc1. The zero-order chi connectivity index (χ0) is 48.8. The Labute approximate surface area is 382 Å². The van der Waals surface area contributed by atoms with Crippen molar-refractivity contribution in [2.75, 3.05) is 18.5 Å². The summed E-state index contributed by atoms with van der Waals surface area (Å²) in [7, 11) is 0. The van der Waals surface area contributed by atoms with E-state index in [9.17, 15) is 51.4 Å². The number of benzene rings is 3. The van der Waals surface area contributed by atoms with E-state index < -0.39 is 77.0 Å². The predicted molar refractivity (Wildman–Crippen MR) is 234 cm³/mol. The third-order valence-electron chi connectivity index (χ3n) is 11.5. The van der Waals surface area contributed by atoms with Crippen LogP contribution in [-0.4, -0.2) is 104 Å². The van der Waals surface area contributed by atoms with Crippen LogP contribution in [0.3, 0.4) is 0 Å². The Hall–Kier alpha value is -6.90. The molecule has 1 aliphatic carbocycles. The number of alkyl halides is 4. The van der Waals surface area contributed by atoms with Crippen LogP contribution in [0.25, 0.3) is 22.5 Å². The van der Waals surface area contributed by atoms with Gasteiger partial charge in [-0.15, -0.1) is 0 Å². The first kappa shape index (κ1) is 49.5. The van der Waals surface area contributed by atoms with Gasteiger partial charge in [0.05, 0.1) is 12.6 Å². The summed E-state index contributed by atoms with van der Waals surface area (Å²) in [5.41, 5.74) is 3.07. The zero-order valence-corrected chi connectivity index (χ0v) is 37.1. The Morgan fingerprint density at radius 3 is 2.16 bits per heavy atom. The lowest BCUT2D eigenvalue weighted by Gasteiger charge is -2.29. The van der Waals surface area contributed by atoms with Crippen LogP contribution in [0, 0.1) is 18.8 Å². The van der Waals surface area contributed by atoms with E-state index in [0.29, 0.717) is 43.4 Å². The number of ether oxygens (including phenoxy) is 1. The van der Waals surface area contributed by atoms with Crippen molar-refractivity contribution in [2.45, 2.75) is 102 Å². The van der Waals surface area contributed by atoms with Crippen LogP contribution in [-0.2, 0) is 36.3 Å². The summed E-state index contributed by atoms with van der Waals surface area (Å²) < 4.78 is 61.5. The van der Waals surface area contributed by atoms with Gasteiger partial charge in [0.1, 0.15) is 17.7 Å². The van der Waals surface area contributed by atoms with Gasteiger partial charge in [-0.05, 0) is 124 Å². The third kappa shape index (κ3) is 12.1. The molecule has 1 saturated heterocycles. The van der Waals surface area contributed by atoms with Crippen molar-refractivity contribution in [1.82, 2.24) is 36.4 Å². The average molecular weight is 937 g/mol. The van der Waals surface area contributed by atoms with E-state index in [4.69, 9.17) is 9.84 Å². The Morgan fingerprint density at radius 2 is 1.57 bits per heavy atom. The molecular weight excluding hydrogens is 885 g/mol. The van der Waals surface area contributed by atoms with E-state index in [-0.39, 0.29) is 48.4 Å². The summed E-state index contributed by atoms with van der Waals surface area (Å²) in [6, 6.07) is 15.5. The number of carbonyl (C=O) groups is 6. The Kier molecular flexibility index (Phi) is 15.0. The summed E-state index contributed by atoms with van der Waals surface area (Å²) in [6.45, 7) is 7.30. The van der Waals surface area contributed by atoms with Crippen LogP contribution < -0.4 is 26.6 Å². The molecule has 3 atom stereocenters. The standard InChI is InChI=1S/C46H52F4N8O9/c1-24-19-30(38(61)55-35-21-32(23-59)53-40(35)63)15-18-33(24)27-9-5-25(6-10-27)20-34(54-37(60)29-11-7-26(8-12-29)22-51-43(66)67-44(2,3)4)39(62)52-31-16-13-28(14-17-31)36-56-41(58-57-36)45(47,48)46(49,50)42(64)65/h5-6,9-10,13-19,26,29,32,34-35,59H,7-8,11-12,20-23H2,1-4H3,(H,51,66)(H,52,62)(H,53,63)(H,54,60)(H,55,61)(H,64,65)(H,56,57,58). The first-order valence-corrected chi connectivity index (χ1v) is 21.6. The van der Waals surface area contributed by atoms with Gasteiger partial charge in [0, 0.05) is 35.7 Å². The van der Waals surface area contributed by atoms with E-state index in [1.165, 1.54) is 24.3 Å². The number of nitrogens with one attached hydrogen (secondary N) is 6. The number of rotatable bonds is 16. The van der Waals surface area contributed by atoms with Crippen molar-refractivity contribution in [3.63, 3.8) is 0 Å². The molecule has 0 bridgehead atoms. The number of halogens is 4. The first-order valence-electron chi connectivity index (χ1n) is 21.6. The summed E-state index contributed by atoms with van der Waals surface area (Å²) in [4.78, 5) is 79.3. The molecule has 3 aromatic carbocycles. The monoisotopic (exact) mass is 936 g/mol. The second kappa shape index (κ2) is 20.3. The minimum atomic E-state index is -5.47. The van der Waals surface area contributed by atoms with Gasteiger partial charge in [0.15, 0.2) is 5.82 Å². The molecular formula is C46H52F4N8O9. The molecule has 21 heteroatoms. The molecule has 2 aliphatic rings. The number of carboxylic acid groups (broad SMARTS) is 1. The van der Waals surface area contributed by atoms with Gasteiger partial charge in [-0.3, -0.25) is 24.3 Å². The van der Waals surface area contributed by atoms with E-state index in [2.05, 4.69) is 36.7 Å². The minimum absolute atomic E-state index is 0.0597. The summed E-state index contributed by atoms with van der Waals surface area (Å²) in [6.07, 6.45) is 2.14. The second-order valence-electron chi connectivity index (χ2n) is 17.8. The summed E-state index contributed by atoms with van der Waals surface area (Å²) in [5.74, 6) is -17.8. The number of aromatic nitrogens is 3. The molecule has 2 fully saturated rings. The molecule has 2 heterocycles. The van der Waals surface area contributed by atoms with Gasteiger partial charge < -0.3 is 41.5 Å². The molecule has 5 amide bonds. The van der Waals surface area contributed by atoms with Crippen molar-refractivity contribution in [3.05, 3.63) is 89.2 Å². The number of carbonyl (C=O) groups excluding carboxylic acids is 5. The molecule has 1 aliphatic heterocycles. The van der Waals surface area contributed by atoms with Gasteiger partial charge in [-0.25, -0.2) is 14.6 Å². The highest BCUT2D eigenvalue weighted by molar-refractivity contribution is 5.99. The van der Waals surface area contributed by atoms with E-state index in [0.717, 1.165) is 16.7 Å². The van der Waals surface area contributed by atoms with Crippen LogP contribution in [0.4, 0.5) is 28.0 Å². The number of hydrogen-bond donors (Lipinski definition) is 8. The highest BCUT2D eigenvalue weighted by Gasteiger charge is 2.65. The third-order valence-corrected chi connectivity index (χ3v) is 11.5. The van der Waals surface area contributed by atoms with Crippen LogP contribution in [0.5, 0.6) is 0 Å². The number of aromatic amines is 1. The number of aliphatic hydroxyl groups excluding tert-OH is 1. The fraction of sp³-hybridized carbons (Fsp3) is 0.435. The summed E-state index contributed by atoms with van der Waals surface area (Å²) in [5, 5.41) is 37.0. The lowest BCUT2D eigenvalue weighted by Crippen LogP contribution is -2.48. The normalized spacial score (nSPS) is 19.1. The number of H-pyrrole nitrogens is 1. The smallest absolute Gasteiger partial charge is 0.411 e. The molecule has 0 spiro atoms. The number of aliphatic hydroxyl groups is 1. The second-order valence-corrected chi connectivity index (χ2v) is 17.8. The van der Waals surface area contributed by atoms with Crippen molar-refractivity contribution >= 4 is 41.4 Å². The van der Waals surface area contributed by atoms with Crippen molar-refractivity contribution in [3.8, 4) is 22.5 Å². The molecule has 0 radical (unpaired) electrons. The number of aliphatic carboxylic acids is 1. The number of carboxylic acids is 1.